The third-order valence-electron chi connectivity index (χ3n) is 2.70. The zero-order chi connectivity index (χ0) is 16.8. The first-order valence-corrected chi connectivity index (χ1v) is 9.40. The number of alkyl halides is 3. The summed E-state index contributed by atoms with van der Waals surface area (Å²) in [5.74, 6) is 0. The van der Waals surface area contributed by atoms with Gasteiger partial charge in [0.2, 0.25) is 0 Å². The van der Waals surface area contributed by atoms with Crippen LogP contribution in [0, 0.1) is 0 Å². The lowest BCUT2D eigenvalue weighted by molar-refractivity contribution is -0.0913. The molecule has 0 bridgehead atoms. The molecule has 11 heteroatoms. The molecular weight excluding hydrogens is 426 g/mol. The lowest BCUT2D eigenvalue weighted by Crippen LogP contribution is -2.24. The average molecular weight is 443 g/mol. The highest BCUT2D eigenvalue weighted by Crippen LogP contribution is 2.25. The summed E-state index contributed by atoms with van der Waals surface area (Å²) in [4.78, 5) is 0. The molecule has 0 saturated carbocycles. The van der Waals surface area contributed by atoms with Crippen LogP contribution in [-0.2, 0) is 12.8 Å². The Balaban J connectivity index is 5.53. The second-order valence-corrected chi connectivity index (χ2v) is 8.04. The third-order valence-corrected chi connectivity index (χ3v) is 5.65. The summed E-state index contributed by atoms with van der Waals surface area (Å²) in [6, 6.07) is 0. The van der Waals surface area contributed by atoms with Gasteiger partial charge in [0.1, 0.15) is 0 Å². The van der Waals surface area contributed by atoms with Crippen LogP contribution in [0.4, 0.5) is 13.2 Å². The smallest absolute Gasteiger partial charge is 0.327 e. The predicted molar refractivity (Wildman–Crippen MR) is 81.2 cm³/mol. The van der Waals surface area contributed by atoms with Gasteiger partial charge < -0.3 is 5.73 Å². The number of halogens is 4. The van der Waals surface area contributed by atoms with Gasteiger partial charge in [-0.05, 0) is 19.4 Å². The van der Waals surface area contributed by atoms with Gasteiger partial charge in [-0.2, -0.15) is 13.2 Å². The minimum Gasteiger partial charge on any atom is -0.327 e. The molecule has 0 aromatic carbocycles. The maximum Gasteiger partial charge on any atom is 0.412 e. The van der Waals surface area contributed by atoms with E-state index in [1.54, 1.807) is 0 Å². The maximum atomic E-state index is 12.4. The van der Waals surface area contributed by atoms with Crippen LogP contribution in [-0.4, -0.2) is 37.0 Å². The van der Waals surface area contributed by atoms with Crippen LogP contribution in [0.1, 0.15) is 13.8 Å². The number of hydrogen-bond donors (Lipinski definition) is 2. The van der Waals surface area contributed by atoms with Crippen molar-refractivity contribution in [1.29, 1.82) is 0 Å². The molecule has 0 aliphatic carbocycles. The van der Waals surface area contributed by atoms with Crippen molar-refractivity contribution in [2.75, 3.05) is 12.8 Å². The summed E-state index contributed by atoms with van der Waals surface area (Å²) in [5, 5.41) is 8.22. The van der Waals surface area contributed by atoms with Crippen LogP contribution < -0.4 is 5.73 Å². The fourth-order valence-electron chi connectivity index (χ4n) is 1.19. The largest absolute Gasteiger partial charge is 0.412 e. The molecule has 0 heterocycles. The lowest BCUT2D eigenvalue weighted by atomic mass is 10.1. The van der Waals surface area contributed by atoms with Crippen LogP contribution in [0.3, 0.4) is 0 Å². The second kappa shape index (κ2) is 8.31. The highest BCUT2D eigenvalue weighted by atomic mass is 127. The van der Waals surface area contributed by atoms with Gasteiger partial charge in [0.05, 0.1) is 15.0 Å². The molecule has 0 aromatic rings. The molecule has 0 saturated heterocycles. The molecule has 0 aliphatic rings. The average Bonchev–Trinajstić information content (AvgIpc) is 2.37. The highest BCUT2D eigenvalue weighted by molar-refractivity contribution is 14.1. The Morgan fingerprint density at radius 1 is 1.52 bits per heavy atom. The summed E-state index contributed by atoms with van der Waals surface area (Å²) in [7, 11) is -3.05. The van der Waals surface area contributed by atoms with Gasteiger partial charge in [0.25, 0.3) is 21.5 Å². The van der Waals surface area contributed by atoms with Gasteiger partial charge in [-0.15, -0.1) is 4.47 Å². The number of allylic oxidation sites excluding steroid dienone is 3. The van der Waals surface area contributed by atoms with Gasteiger partial charge in [-0.25, -0.2) is 7.28 Å². The van der Waals surface area contributed by atoms with Gasteiger partial charge >= 0.3 is 6.18 Å². The second-order valence-electron chi connectivity index (χ2n) is 4.19. The molecule has 3 N–H and O–H groups in total. The maximum absolute atomic E-state index is 12.4. The Kier molecular flexibility index (Phi) is 8.17. The van der Waals surface area contributed by atoms with Crippen molar-refractivity contribution in [1.82, 2.24) is 3.39 Å². The fourth-order valence-corrected chi connectivity index (χ4v) is 3.63. The van der Waals surface area contributed by atoms with Crippen molar-refractivity contribution in [3.8, 4) is 0 Å². The minimum atomic E-state index is -4.45. The van der Waals surface area contributed by atoms with E-state index < -0.39 is 48.2 Å². The molecule has 0 spiro atoms. The van der Waals surface area contributed by atoms with Gasteiger partial charge in [0.15, 0.2) is 0 Å². The molecular formula is C10H17F3IN3O3S. The first kappa shape index (κ1) is 20.6. The summed E-state index contributed by atoms with van der Waals surface area (Å²) in [5.41, 5.74) is 4.90. The molecule has 0 aromatic heterocycles. The topological polar surface area (TPSA) is 96.0 Å². The van der Waals surface area contributed by atoms with Crippen molar-refractivity contribution >= 4 is 31.2 Å². The van der Waals surface area contributed by atoms with Crippen LogP contribution in [0.25, 0.3) is 0 Å². The molecule has 2 atom stereocenters. The number of rotatable bonds is 6. The van der Waals surface area contributed by atoms with Crippen LogP contribution in [0.15, 0.2) is 27.8 Å². The first-order chi connectivity index (χ1) is 9.45. The lowest BCUT2D eigenvalue weighted by Gasteiger charge is -2.16. The summed E-state index contributed by atoms with van der Waals surface area (Å²) in [6.45, 7) is 2.24. The van der Waals surface area contributed by atoms with Gasteiger partial charge in [-0.3, -0.25) is 5.21 Å². The third kappa shape index (κ3) is 6.95. The zero-order valence-electron chi connectivity index (χ0n) is 11.6. The van der Waals surface area contributed by atoms with Crippen LogP contribution in [0.2, 0.25) is 0 Å². The van der Waals surface area contributed by atoms with E-state index in [-0.39, 0.29) is 15.5 Å². The monoisotopic (exact) mass is 443 g/mol. The van der Waals surface area contributed by atoms with E-state index >= 15 is 0 Å². The van der Waals surface area contributed by atoms with Crippen LogP contribution >= 0.6 is 21.5 Å². The predicted octanol–water partition coefficient (Wildman–Crippen LogP) is 2.70. The fraction of sp³-hybridized carbons (Fsp3) is 0.600. The van der Waals surface area contributed by atoms with E-state index in [9.17, 15) is 20.4 Å². The van der Waals surface area contributed by atoms with E-state index in [0.29, 0.717) is 0 Å². The molecule has 0 amide bonds. The number of nitrogens with zero attached hydrogens (tertiary/aromatic N) is 2. The Labute approximate surface area is 132 Å². The zero-order valence-corrected chi connectivity index (χ0v) is 14.6. The summed E-state index contributed by atoms with van der Waals surface area (Å²) < 4.78 is 63.4. The van der Waals surface area contributed by atoms with E-state index in [0.717, 1.165) is 19.1 Å². The molecule has 0 radical (unpaired) electrons. The van der Waals surface area contributed by atoms with Crippen molar-refractivity contribution in [3.63, 3.8) is 0 Å². The molecule has 0 fully saturated rings. The summed E-state index contributed by atoms with van der Waals surface area (Å²) in [6.07, 6.45) is -1.28. The Morgan fingerprint density at radius 3 is 2.43 bits per heavy atom. The quantitative estimate of drug-likeness (QED) is 0.285. The van der Waals surface area contributed by atoms with Gasteiger partial charge in [-0.1, -0.05) is 12.2 Å². The highest BCUT2D eigenvalue weighted by Gasteiger charge is 2.29. The number of hydrogen-bond acceptors (Lipinski definition) is 5. The van der Waals surface area contributed by atoms with E-state index in [4.69, 9.17) is 10.9 Å². The standard InChI is InChI=1S/C10H17F3IN3O3S/c1-7(10(11,12)13)4-5-9(6-15)8(2)21(3,20)16-17(19)14-18/h4-5,8,19H,6,15H2,1-3H3/b7-4+,9-5+. The molecule has 6 nitrogen and oxygen atoms in total. The van der Waals surface area contributed by atoms with Gasteiger partial charge in [0, 0.05) is 21.8 Å². The number of nitrogens with two attached hydrogens (primary N) is 1. The molecule has 0 rings (SSSR count). The Morgan fingerprint density at radius 2 is 2.05 bits per heavy atom. The molecule has 124 valence electrons. The van der Waals surface area contributed by atoms with Crippen molar-refractivity contribution in [3.05, 3.63) is 23.3 Å². The first-order valence-electron chi connectivity index (χ1n) is 5.57. The van der Waals surface area contributed by atoms with E-state index in [2.05, 4.69) is 4.47 Å². The summed E-state index contributed by atoms with van der Waals surface area (Å²) >= 11 is -2.02. The SMILES string of the molecule is C/C(=C\C=C(/CN)C(C)S(C)(=O)=NN(O)I=O)C(F)(F)F. The molecule has 21 heavy (non-hydrogen) atoms. The molecule has 2 unspecified atom stereocenters. The van der Waals surface area contributed by atoms with Crippen molar-refractivity contribution < 1.29 is 25.7 Å². The molecule has 0 aliphatic heterocycles. The Bertz CT molecular complexity index is 553. The normalized spacial score (nSPS) is 18.5. The van der Waals surface area contributed by atoms with Crippen molar-refractivity contribution in [2.45, 2.75) is 25.3 Å². The van der Waals surface area contributed by atoms with E-state index in [1.807, 2.05) is 0 Å². The van der Waals surface area contributed by atoms with Crippen molar-refractivity contribution in [2.24, 2.45) is 10.2 Å². The van der Waals surface area contributed by atoms with Crippen LogP contribution in [0.5, 0.6) is 0 Å². The minimum absolute atomic E-state index is 0.0999. The van der Waals surface area contributed by atoms with E-state index in [1.165, 1.54) is 13.2 Å². The Hall–Kier alpha value is -0.370.